The summed E-state index contributed by atoms with van der Waals surface area (Å²) in [5.74, 6) is 0. The lowest BCUT2D eigenvalue weighted by atomic mass is 9.33. The number of furan rings is 2. The number of aromatic nitrogens is 2. The molecule has 0 N–H and O–H groups in total. The minimum Gasteiger partial charge on any atom is -0.456 e. The summed E-state index contributed by atoms with van der Waals surface area (Å²) in [6.07, 6.45) is 0. The molecule has 23 rings (SSSR count). The summed E-state index contributed by atoms with van der Waals surface area (Å²) in [6, 6.07) is 119. The van der Waals surface area contributed by atoms with Crippen LogP contribution in [0.2, 0.25) is 0 Å². The van der Waals surface area contributed by atoms with Crippen LogP contribution >= 0.6 is 0 Å². The van der Waals surface area contributed by atoms with Crippen molar-refractivity contribution in [3.05, 3.63) is 349 Å². The second kappa shape index (κ2) is 25.9. The molecule has 0 spiro atoms. The van der Waals surface area contributed by atoms with Crippen molar-refractivity contribution in [2.24, 2.45) is 0 Å². The van der Waals surface area contributed by atoms with Crippen LogP contribution in [0.25, 0.3) is 170 Å². The minimum absolute atomic E-state index is 0.165. The molecule has 0 aliphatic carbocycles. The average molecular weight is 1560 g/mol. The van der Waals surface area contributed by atoms with E-state index in [2.05, 4.69) is 416 Å². The maximum Gasteiger partial charge on any atom is 0.252 e. The van der Waals surface area contributed by atoms with Gasteiger partial charge in [-0.1, -0.05) is 301 Å². The van der Waals surface area contributed by atoms with E-state index in [1.807, 2.05) is 6.07 Å². The summed E-state index contributed by atoms with van der Waals surface area (Å²) >= 11 is 0. The number of para-hydroxylation sites is 5. The zero-order valence-electron chi connectivity index (χ0n) is 70.2. The second-order valence-electron chi connectivity index (χ2n) is 37.8. The van der Waals surface area contributed by atoms with Crippen LogP contribution in [0.3, 0.4) is 0 Å². The smallest absolute Gasteiger partial charge is 0.252 e. The van der Waals surface area contributed by atoms with E-state index in [9.17, 15) is 0 Å². The van der Waals surface area contributed by atoms with Crippen LogP contribution in [0, 0.1) is 6.57 Å². The van der Waals surface area contributed by atoms with Gasteiger partial charge in [0.05, 0.1) is 56.9 Å². The van der Waals surface area contributed by atoms with E-state index in [1.54, 1.807) is 0 Å². The number of fused-ring (bicyclic) bond motifs is 21. The largest absolute Gasteiger partial charge is 0.456 e. The van der Waals surface area contributed by atoms with Crippen LogP contribution < -0.4 is 26.2 Å². The summed E-state index contributed by atoms with van der Waals surface area (Å²) in [5.41, 5.74) is 35.5. The summed E-state index contributed by atoms with van der Waals surface area (Å²) in [7, 11) is 0. The van der Waals surface area contributed by atoms with Gasteiger partial charge in [0.25, 0.3) is 6.71 Å². The Balaban J connectivity index is 0.977. The molecule has 0 bridgehead atoms. The van der Waals surface area contributed by atoms with Crippen molar-refractivity contribution >= 4 is 167 Å². The monoisotopic (exact) mass is 1560 g/mol. The Labute approximate surface area is 704 Å². The molecule has 121 heavy (non-hydrogen) atoms. The molecule has 21 aromatic rings. The first-order valence-electron chi connectivity index (χ1n) is 42.5. The Kier molecular flexibility index (Phi) is 15.5. The third kappa shape index (κ3) is 10.8. The lowest BCUT2D eigenvalue weighted by Crippen LogP contribution is -2.61. The number of rotatable bonds is 8. The first kappa shape index (κ1) is 72.1. The van der Waals surface area contributed by atoms with Gasteiger partial charge in [-0.15, -0.1) is 0 Å². The van der Waals surface area contributed by atoms with Crippen molar-refractivity contribution in [2.45, 2.75) is 105 Å². The van der Waals surface area contributed by atoms with E-state index in [4.69, 9.17) is 15.4 Å². The van der Waals surface area contributed by atoms with Gasteiger partial charge >= 0.3 is 0 Å². The second-order valence-corrected chi connectivity index (χ2v) is 37.8. The molecule has 0 saturated heterocycles. The van der Waals surface area contributed by atoms with Gasteiger partial charge < -0.3 is 27.6 Å². The van der Waals surface area contributed by atoms with Gasteiger partial charge in [-0.2, -0.15) is 0 Å². The third-order valence-electron chi connectivity index (χ3n) is 26.4. The maximum atomic E-state index is 8.38. The van der Waals surface area contributed by atoms with Gasteiger partial charge in [0, 0.05) is 87.8 Å². The quantitative estimate of drug-likeness (QED) is 0.112. The van der Waals surface area contributed by atoms with E-state index < -0.39 is 6.71 Å². The minimum atomic E-state index is -0.413. The predicted molar refractivity (Wildman–Crippen MR) is 512 cm³/mol. The van der Waals surface area contributed by atoms with E-state index in [0.29, 0.717) is 5.69 Å². The Hall–Kier alpha value is -14.1. The highest BCUT2D eigenvalue weighted by molar-refractivity contribution is 7.01. The molecule has 2 aliphatic rings. The highest BCUT2D eigenvalue weighted by atomic mass is 16.3. The summed E-state index contributed by atoms with van der Waals surface area (Å²) in [4.78, 5) is 9.63. The molecule has 0 amide bonds. The highest BCUT2D eigenvalue weighted by Gasteiger charge is 2.49. The van der Waals surface area contributed by atoms with Gasteiger partial charge in [-0.05, 0) is 196 Å². The average Bonchev–Trinajstić information content (AvgIpc) is 1.58. The molecule has 0 unspecified atom stereocenters. The van der Waals surface area contributed by atoms with Gasteiger partial charge in [-0.25, -0.2) is 4.85 Å². The van der Waals surface area contributed by atoms with Crippen LogP contribution in [0.1, 0.15) is 105 Å². The van der Waals surface area contributed by atoms with Crippen molar-refractivity contribution in [3.63, 3.8) is 0 Å². The number of nitrogens with zero attached hydrogens (tertiary/aromatic N) is 5. The van der Waals surface area contributed by atoms with Gasteiger partial charge in [-0.3, -0.25) is 0 Å². The maximum absolute atomic E-state index is 8.38. The van der Waals surface area contributed by atoms with Crippen molar-refractivity contribution < 1.29 is 8.83 Å². The highest BCUT2D eigenvalue weighted by Crippen LogP contribution is 2.61. The van der Waals surface area contributed by atoms with Crippen LogP contribution in [0.4, 0.5) is 39.8 Å². The van der Waals surface area contributed by atoms with E-state index >= 15 is 0 Å². The molecular weight excluding hydrogens is 1470 g/mol. The molecule has 16 aromatic carbocycles. The van der Waals surface area contributed by atoms with E-state index in [0.717, 1.165) is 188 Å². The zero-order valence-corrected chi connectivity index (χ0v) is 70.2. The molecule has 5 aromatic heterocycles. The van der Waals surface area contributed by atoms with Gasteiger partial charge in [0.15, 0.2) is 5.69 Å². The first-order valence-corrected chi connectivity index (χ1v) is 42.5. The van der Waals surface area contributed by atoms with Gasteiger partial charge in [0.2, 0.25) is 0 Å². The predicted octanol–water partition coefficient (Wildman–Crippen LogP) is 29.9. The molecular formula is C113H88BN5O2. The molecule has 0 atom stereocenters. The lowest BCUT2D eigenvalue weighted by molar-refractivity contribution is 0.569. The van der Waals surface area contributed by atoms with Gasteiger partial charge in [0.1, 0.15) is 22.3 Å². The fourth-order valence-electron chi connectivity index (χ4n) is 20.5. The fourth-order valence-corrected chi connectivity index (χ4v) is 20.5. The molecule has 580 valence electrons. The van der Waals surface area contributed by atoms with Crippen molar-refractivity contribution in [2.75, 3.05) is 9.80 Å². The number of hydrogen-bond acceptors (Lipinski definition) is 4. The first-order chi connectivity index (χ1) is 58.5. The molecule has 7 heterocycles. The molecule has 0 radical (unpaired) electrons. The van der Waals surface area contributed by atoms with Crippen molar-refractivity contribution in [1.29, 1.82) is 0 Å². The van der Waals surface area contributed by atoms with Crippen molar-refractivity contribution in [3.8, 4) is 61.3 Å². The number of anilines is 6. The molecule has 2 aliphatic heterocycles. The summed E-state index contributed by atoms with van der Waals surface area (Å²) in [6.45, 7) is 36.3. The zero-order chi connectivity index (χ0) is 82.2. The van der Waals surface area contributed by atoms with Crippen LogP contribution in [-0.2, 0) is 21.7 Å². The number of benzene rings is 16. The SMILES string of the molecule is [C-]#[N+]c1ccc2c(c1)c1ccccc1n2-c1ccc2c(c1)N(c1c(-c3ccccc3)cc(C(C)(C)C)cc1-c1cccc3oc4ccccc4c13)c1c3c(c4c5ccccc5n5c6ccccc6c1c45)N(c1c(-c4ccccc4)cc(C(C)(C)C)cc1-c1cccc4oc5ccccc5c14)c1cc(-c4cc(C(C)(C)C)cc(C(C)(C)C)c4)ccc1B23. The standard InChI is InChI=1S/C113H88BN5O2/c1-110(2,3)70-56-69(57-71(59-70)111(4,5)6)68-50-53-88-94(58-68)118(105-83(66-32-16-14-17-33-66)60-72(112(7,8)9)62-86(105)77-41-30-48-98-100(77)81-39-23-28-46-96(81)120-98)108-102-79-37-21-26-44-91(79)117-92-45-27-22-38-80(92)103(107(102)117)109-104(108)114(88)89-54-52-75(116-90-43-25-20-36-76(90)85-64-74(115-13)51-55-93(85)116)65-95(89)119(109)106-84(67-34-18-15-19-35-67)61-73(113(10,11)12)63-87(106)78-42-31-49-99-101(78)82-40-24-29-47-97(82)121-99/h14-65H,1-12H3. The Morgan fingerprint density at radius 3 is 1.21 bits per heavy atom. The Morgan fingerprint density at radius 2 is 0.711 bits per heavy atom. The summed E-state index contributed by atoms with van der Waals surface area (Å²) < 4.78 is 19.2. The molecule has 8 heteroatoms. The topological polar surface area (TPSA) is 46.5 Å². The number of hydrogen-bond donors (Lipinski definition) is 0. The Morgan fingerprint density at radius 1 is 0.289 bits per heavy atom. The van der Waals surface area contributed by atoms with Crippen LogP contribution in [0.5, 0.6) is 0 Å². The van der Waals surface area contributed by atoms with Crippen LogP contribution in [0.15, 0.2) is 324 Å². The van der Waals surface area contributed by atoms with E-state index in [1.165, 1.54) is 49.5 Å². The van der Waals surface area contributed by atoms with Crippen LogP contribution in [-0.4, -0.2) is 15.7 Å². The fraction of sp³-hybridized carbons (Fsp3) is 0.142. The third-order valence-corrected chi connectivity index (χ3v) is 26.4. The normalized spacial score (nSPS) is 13.2. The van der Waals surface area contributed by atoms with Crippen molar-refractivity contribution in [1.82, 2.24) is 8.97 Å². The molecule has 0 saturated carbocycles. The molecule has 0 fully saturated rings. The lowest BCUT2D eigenvalue weighted by Gasteiger charge is -2.46. The molecule has 7 nitrogen and oxygen atoms in total. The Bertz CT molecular complexity index is 8000. The summed E-state index contributed by atoms with van der Waals surface area (Å²) in [5, 5.41) is 11.0. The van der Waals surface area contributed by atoms with E-state index in [-0.39, 0.29) is 21.7 Å².